The number of carbonyl (C=O) groups is 3. The zero-order valence-corrected chi connectivity index (χ0v) is 13.0. The number of carbonyl (C=O) groups excluding carboxylic acids is 3. The number of hydrogen-bond acceptors (Lipinski definition) is 5. The van der Waals surface area contributed by atoms with Gasteiger partial charge >= 0.3 is 0 Å². The Kier molecular flexibility index (Phi) is 4.29. The van der Waals surface area contributed by atoms with E-state index in [0.717, 1.165) is 4.90 Å². The first-order valence-electron chi connectivity index (χ1n) is 7.45. The molecule has 0 bridgehead atoms. The zero-order chi connectivity index (χ0) is 17.1. The van der Waals surface area contributed by atoms with Gasteiger partial charge in [0.1, 0.15) is 6.29 Å². The molecule has 0 fully saturated rings. The topological polar surface area (TPSA) is 72.9 Å². The van der Waals surface area contributed by atoms with Crippen LogP contribution in [0.15, 0.2) is 42.5 Å². The lowest BCUT2D eigenvalue weighted by molar-refractivity contribution is 0.0518. The fourth-order valence-electron chi connectivity index (χ4n) is 2.48. The zero-order valence-electron chi connectivity index (χ0n) is 13.0. The molecule has 3 rings (SSSR count). The summed E-state index contributed by atoms with van der Waals surface area (Å²) in [6.07, 6.45) is 0.705. The molecule has 0 N–H and O–H groups in total. The summed E-state index contributed by atoms with van der Waals surface area (Å²) in [4.78, 5) is 36.5. The lowest BCUT2D eigenvalue weighted by Gasteiger charge is -2.17. The van der Waals surface area contributed by atoms with Crippen molar-refractivity contribution in [3.63, 3.8) is 0 Å². The molecule has 0 saturated carbocycles. The Morgan fingerprint density at radius 2 is 1.62 bits per heavy atom. The van der Waals surface area contributed by atoms with Crippen LogP contribution in [0.25, 0.3) is 0 Å². The van der Waals surface area contributed by atoms with Crippen LogP contribution in [0.1, 0.15) is 38.0 Å². The Morgan fingerprint density at radius 1 is 0.958 bits per heavy atom. The highest BCUT2D eigenvalue weighted by molar-refractivity contribution is 6.21. The van der Waals surface area contributed by atoms with Gasteiger partial charge in [-0.1, -0.05) is 12.1 Å². The molecule has 0 spiro atoms. The van der Waals surface area contributed by atoms with Crippen LogP contribution >= 0.6 is 0 Å². The van der Waals surface area contributed by atoms with Crippen molar-refractivity contribution in [3.8, 4) is 11.5 Å². The van der Waals surface area contributed by atoms with Crippen molar-refractivity contribution in [2.45, 2.75) is 6.92 Å². The number of nitrogens with zero attached hydrogens (tertiary/aromatic N) is 1. The van der Waals surface area contributed by atoms with E-state index in [-0.39, 0.29) is 6.73 Å². The summed E-state index contributed by atoms with van der Waals surface area (Å²) in [5.74, 6) is -0.0335. The highest BCUT2D eigenvalue weighted by Crippen LogP contribution is 2.29. The average molecular weight is 325 g/mol. The standard InChI is InChI=1S/C18H15NO5/c1-2-23-16-9-12(10-20)7-8-15(16)24-11-19-17(21)13-5-3-4-6-14(13)18(19)22/h3-10H,2,11H2,1H3. The van der Waals surface area contributed by atoms with E-state index >= 15 is 0 Å². The molecule has 2 aromatic carbocycles. The predicted molar refractivity (Wildman–Crippen MR) is 85.4 cm³/mol. The molecule has 0 atom stereocenters. The van der Waals surface area contributed by atoms with Crippen LogP contribution in [-0.4, -0.2) is 36.3 Å². The molecule has 1 heterocycles. The number of hydrogen-bond donors (Lipinski definition) is 0. The quantitative estimate of drug-likeness (QED) is 0.603. The van der Waals surface area contributed by atoms with Gasteiger partial charge in [0.2, 0.25) is 0 Å². The minimum Gasteiger partial charge on any atom is -0.490 e. The fourth-order valence-corrected chi connectivity index (χ4v) is 2.48. The van der Waals surface area contributed by atoms with E-state index in [4.69, 9.17) is 9.47 Å². The maximum absolute atomic E-state index is 12.3. The van der Waals surface area contributed by atoms with Crippen molar-refractivity contribution >= 4 is 18.1 Å². The molecule has 0 aromatic heterocycles. The number of rotatable bonds is 6. The minimum absolute atomic E-state index is 0.229. The molecule has 0 saturated heterocycles. The molecular weight excluding hydrogens is 310 g/mol. The molecule has 1 aliphatic rings. The summed E-state index contributed by atoms with van der Waals surface area (Å²) in [5, 5.41) is 0. The Balaban J connectivity index is 1.78. The number of benzene rings is 2. The third-order valence-electron chi connectivity index (χ3n) is 3.63. The van der Waals surface area contributed by atoms with Gasteiger partial charge in [-0.25, -0.2) is 4.90 Å². The minimum atomic E-state index is -0.391. The molecule has 1 aliphatic heterocycles. The molecule has 122 valence electrons. The number of ether oxygens (including phenoxy) is 2. The molecule has 0 radical (unpaired) electrons. The van der Waals surface area contributed by atoms with Crippen LogP contribution in [0.2, 0.25) is 0 Å². The van der Waals surface area contributed by atoms with E-state index in [9.17, 15) is 14.4 Å². The summed E-state index contributed by atoms with van der Waals surface area (Å²) in [6, 6.07) is 11.3. The van der Waals surface area contributed by atoms with Gasteiger partial charge in [-0.15, -0.1) is 0 Å². The summed E-state index contributed by atoms with van der Waals surface area (Å²) in [5.41, 5.74) is 1.19. The second-order valence-electron chi connectivity index (χ2n) is 5.11. The number of amides is 2. The Morgan fingerprint density at radius 3 is 2.21 bits per heavy atom. The van der Waals surface area contributed by atoms with Crippen molar-refractivity contribution < 1.29 is 23.9 Å². The van der Waals surface area contributed by atoms with Gasteiger partial charge in [0.15, 0.2) is 18.2 Å². The van der Waals surface area contributed by atoms with Crippen LogP contribution in [0.3, 0.4) is 0 Å². The van der Waals surface area contributed by atoms with Gasteiger partial charge in [0.25, 0.3) is 11.8 Å². The lowest BCUT2D eigenvalue weighted by Crippen LogP contribution is -2.33. The van der Waals surface area contributed by atoms with Crippen LogP contribution in [-0.2, 0) is 0 Å². The average Bonchev–Trinajstić information content (AvgIpc) is 2.85. The van der Waals surface area contributed by atoms with Crippen molar-refractivity contribution in [3.05, 3.63) is 59.2 Å². The second kappa shape index (κ2) is 6.54. The van der Waals surface area contributed by atoms with Crippen LogP contribution in [0, 0.1) is 0 Å². The third-order valence-corrected chi connectivity index (χ3v) is 3.63. The highest BCUT2D eigenvalue weighted by Gasteiger charge is 2.35. The summed E-state index contributed by atoms with van der Waals surface area (Å²) < 4.78 is 11.0. The lowest BCUT2D eigenvalue weighted by atomic mass is 10.1. The van der Waals surface area contributed by atoms with E-state index in [1.165, 1.54) is 0 Å². The highest BCUT2D eigenvalue weighted by atomic mass is 16.5. The van der Waals surface area contributed by atoms with Gasteiger partial charge in [0.05, 0.1) is 17.7 Å². The Labute approximate surface area is 138 Å². The second-order valence-corrected chi connectivity index (χ2v) is 5.11. The maximum Gasteiger partial charge on any atom is 0.264 e. The summed E-state index contributed by atoms with van der Waals surface area (Å²) >= 11 is 0. The summed E-state index contributed by atoms with van der Waals surface area (Å²) in [6.45, 7) is 1.97. The van der Waals surface area contributed by atoms with Gasteiger partial charge in [-0.2, -0.15) is 0 Å². The molecular formula is C18H15NO5. The largest absolute Gasteiger partial charge is 0.490 e. The van der Waals surface area contributed by atoms with E-state index < -0.39 is 11.8 Å². The normalized spacial score (nSPS) is 13.0. The van der Waals surface area contributed by atoms with Gasteiger partial charge < -0.3 is 9.47 Å². The third kappa shape index (κ3) is 2.74. The molecule has 2 aromatic rings. The van der Waals surface area contributed by atoms with E-state index in [1.807, 2.05) is 6.92 Å². The molecule has 0 unspecified atom stereocenters. The first-order chi connectivity index (χ1) is 11.7. The van der Waals surface area contributed by atoms with E-state index in [2.05, 4.69) is 0 Å². The number of aldehydes is 1. The molecule has 2 amide bonds. The van der Waals surface area contributed by atoms with Gasteiger partial charge in [-0.3, -0.25) is 14.4 Å². The first-order valence-corrected chi connectivity index (χ1v) is 7.45. The smallest absolute Gasteiger partial charge is 0.264 e. The van der Waals surface area contributed by atoms with Crippen LogP contribution < -0.4 is 9.47 Å². The van der Waals surface area contributed by atoms with Gasteiger partial charge in [0, 0.05) is 5.56 Å². The Hall–Kier alpha value is -3.15. The first kappa shape index (κ1) is 15.7. The van der Waals surface area contributed by atoms with Crippen molar-refractivity contribution in [1.82, 2.24) is 4.90 Å². The molecule has 6 nitrogen and oxygen atoms in total. The predicted octanol–water partition coefficient (Wildman–Crippen LogP) is 2.53. The molecule has 0 aliphatic carbocycles. The SMILES string of the molecule is CCOc1cc(C=O)ccc1OCN1C(=O)c2ccccc2C1=O. The van der Waals surface area contributed by atoms with Crippen molar-refractivity contribution in [2.24, 2.45) is 0 Å². The summed E-state index contributed by atoms with van der Waals surface area (Å²) in [7, 11) is 0. The maximum atomic E-state index is 12.3. The molecule has 6 heteroatoms. The number of imide groups is 1. The van der Waals surface area contributed by atoms with Crippen molar-refractivity contribution in [2.75, 3.05) is 13.3 Å². The fraction of sp³-hybridized carbons (Fsp3) is 0.167. The van der Waals surface area contributed by atoms with E-state index in [0.29, 0.717) is 41.1 Å². The molecule has 24 heavy (non-hydrogen) atoms. The van der Waals surface area contributed by atoms with Crippen LogP contribution in [0.4, 0.5) is 0 Å². The van der Waals surface area contributed by atoms with E-state index in [1.54, 1.807) is 42.5 Å². The monoisotopic (exact) mass is 325 g/mol. The van der Waals surface area contributed by atoms with Crippen molar-refractivity contribution in [1.29, 1.82) is 0 Å². The van der Waals surface area contributed by atoms with Crippen LogP contribution in [0.5, 0.6) is 11.5 Å². The Bertz CT molecular complexity index is 780. The number of fused-ring (bicyclic) bond motifs is 1. The van der Waals surface area contributed by atoms with Gasteiger partial charge in [-0.05, 0) is 37.3 Å².